The third-order valence-corrected chi connectivity index (χ3v) is 2.42. The van der Waals surface area contributed by atoms with E-state index in [-0.39, 0.29) is 11.6 Å². The highest BCUT2D eigenvalue weighted by molar-refractivity contribution is 5.98. The zero-order valence-electron chi connectivity index (χ0n) is 9.25. The van der Waals surface area contributed by atoms with Crippen LogP contribution >= 0.6 is 0 Å². The summed E-state index contributed by atoms with van der Waals surface area (Å²) in [4.78, 5) is 22.9. The topological polar surface area (TPSA) is 34.1 Å². The summed E-state index contributed by atoms with van der Waals surface area (Å²) in [6.07, 6.45) is 1.38. The first-order valence-corrected chi connectivity index (χ1v) is 5.31. The minimum absolute atomic E-state index is 0.106. The van der Waals surface area contributed by atoms with Crippen molar-refractivity contribution in [2.45, 2.75) is 33.1 Å². The van der Waals surface area contributed by atoms with E-state index < -0.39 is 0 Å². The Hall–Kier alpha value is -1.44. The van der Waals surface area contributed by atoms with E-state index in [0.29, 0.717) is 24.8 Å². The van der Waals surface area contributed by atoms with Gasteiger partial charge in [-0.1, -0.05) is 38.1 Å². The van der Waals surface area contributed by atoms with Gasteiger partial charge in [0.05, 0.1) is 0 Å². The molecule has 0 saturated heterocycles. The second-order valence-corrected chi connectivity index (χ2v) is 3.50. The quantitative estimate of drug-likeness (QED) is 0.691. The largest absolute Gasteiger partial charge is 0.299 e. The van der Waals surface area contributed by atoms with Crippen LogP contribution in [0.15, 0.2) is 24.3 Å². The zero-order chi connectivity index (χ0) is 11.3. The first-order valence-electron chi connectivity index (χ1n) is 5.31. The molecule has 15 heavy (non-hydrogen) atoms. The maximum atomic E-state index is 11.6. The van der Waals surface area contributed by atoms with Crippen molar-refractivity contribution in [1.82, 2.24) is 0 Å². The summed E-state index contributed by atoms with van der Waals surface area (Å²) in [7, 11) is 0. The third-order valence-electron chi connectivity index (χ3n) is 2.42. The maximum Gasteiger partial charge on any atom is 0.162 e. The Bertz CT molecular complexity index is 367. The van der Waals surface area contributed by atoms with E-state index in [1.165, 1.54) is 0 Å². The fraction of sp³-hybridized carbons (Fsp3) is 0.385. The van der Waals surface area contributed by atoms with Crippen LogP contribution in [0.25, 0.3) is 0 Å². The average Bonchev–Trinajstić information content (AvgIpc) is 2.28. The molecule has 80 valence electrons. The van der Waals surface area contributed by atoms with Crippen LogP contribution in [0.1, 0.15) is 42.6 Å². The fourth-order valence-corrected chi connectivity index (χ4v) is 1.47. The van der Waals surface area contributed by atoms with Gasteiger partial charge in [0.2, 0.25) is 0 Å². The molecule has 0 radical (unpaired) electrons. The highest BCUT2D eigenvalue weighted by atomic mass is 16.1. The van der Waals surface area contributed by atoms with Gasteiger partial charge in [0, 0.05) is 24.8 Å². The van der Waals surface area contributed by atoms with Crippen molar-refractivity contribution in [3.05, 3.63) is 35.4 Å². The molecule has 0 bridgehead atoms. The SMILES string of the molecule is CCC(=O)Cc1ccccc1C(=O)CC. The lowest BCUT2D eigenvalue weighted by molar-refractivity contribution is -0.118. The summed E-state index contributed by atoms with van der Waals surface area (Å²) in [5, 5.41) is 0. The number of rotatable bonds is 5. The van der Waals surface area contributed by atoms with Crippen molar-refractivity contribution in [2.75, 3.05) is 0 Å². The van der Waals surface area contributed by atoms with Gasteiger partial charge in [-0.2, -0.15) is 0 Å². The summed E-state index contributed by atoms with van der Waals surface area (Å²) >= 11 is 0. The number of carbonyl (C=O) groups excluding carboxylic acids is 2. The summed E-state index contributed by atoms with van der Waals surface area (Å²) < 4.78 is 0. The minimum Gasteiger partial charge on any atom is -0.299 e. The Kier molecular flexibility index (Phi) is 4.22. The zero-order valence-corrected chi connectivity index (χ0v) is 9.25. The van der Waals surface area contributed by atoms with Crippen molar-refractivity contribution in [1.29, 1.82) is 0 Å². The van der Waals surface area contributed by atoms with Crippen LogP contribution in [0.5, 0.6) is 0 Å². The summed E-state index contributed by atoms with van der Waals surface area (Å²) in [6, 6.07) is 7.36. The standard InChI is InChI=1S/C13H16O2/c1-3-11(14)9-10-7-5-6-8-12(10)13(15)4-2/h5-8H,3-4,9H2,1-2H3. The molecule has 0 N–H and O–H groups in total. The van der Waals surface area contributed by atoms with Gasteiger partial charge in [-0.05, 0) is 5.56 Å². The lowest BCUT2D eigenvalue weighted by Crippen LogP contribution is -2.07. The van der Waals surface area contributed by atoms with Gasteiger partial charge in [-0.25, -0.2) is 0 Å². The van der Waals surface area contributed by atoms with Gasteiger partial charge in [-0.3, -0.25) is 9.59 Å². The second kappa shape index (κ2) is 5.44. The number of hydrogen-bond acceptors (Lipinski definition) is 2. The van der Waals surface area contributed by atoms with E-state index in [2.05, 4.69) is 0 Å². The van der Waals surface area contributed by atoms with Crippen LogP contribution < -0.4 is 0 Å². The highest BCUT2D eigenvalue weighted by Gasteiger charge is 2.10. The van der Waals surface area contributed by atoms with Crippen LogP contribution in [0.3, 0.4) is 0 Å². The Morgan fingerprint density at radius 3 is 2.33 bits per heavy atom. The molecule has 2 heteroatoms. The summed E-state index contributed by atoms with van der Waals surface area (Å²) in [6.45, 7) is 3.67. The molecular weight excluding hydrogens is 188 g/mol. The molecule has 0 aromatic heterocycles. The Morgan fingerprint density at radius 2 is 1.73 bits per heavy atom. The average molecular weight is 204 g/mol. The smallest absolute Gasteiger partial charge is 0.162 e. The normalized spacial score (nSPS) is 10.0. The van der Waals surface area contributed by atoms with E-state index in [1.807, 2.05) is 32.0 Å². The fourth-order valence-electron chi connectivity index (χ4n) is 1.47. The first kappa shape index (κ1) is 11.6. The van der Waals surface area contributed by atoms with Crippen LogP contribution in [0.2, 0.25) is 0 Å². The Morgan fingerprint density at radius 1 is 1.07 bits per heavy atom. The highest BCUT2D eigenvalue weighted by Crippen LogP contribution is 2.12. The molecule has 0 aliphatic carbocycles. The predicted octanol–water partition coefficient (Wildman–Crippen LogP) is 2.80. The van der Waals surface area contributed by atoms with Crippen molar-refractivity contribution in [2.24, 2.45) is 0 Å². The van der Waals surface area contributed by atoms with E-state index in [4.69, 9.17) is 0 Å². The molecule has 0 aliphatic heterocycles. The molecule has 0 heterocycles. The van der Waals surface area contributed by atoms with E-state index in [0.717, 1.165) is 5.56 Å². The number of carbonyl (C=O) groups is 2. The van der Waals surface area contributed by atoms with Gasteiger partial charge < -0.3 is 0 Å². The first-order chi connectivity index (χ1) is 7.19. The molecule has 1 aromatic carbocycles. The van der Waals surface area contributed by atoms with E-state index in [9.17, 15) is 9.59 Å². The Labute approximate surface area is 90.3 Å². The number of benzene rings is 1. The molecule has 0 fully saturated rings. The van der Waals surface area contributed by atoms with E-state index >= 15 is 0 Å². The monoisotopic (exact) mass is 204 g/mol. The van der Waals surface area contributed by atoms with Crippen LogP contribution in [-0.2, 0) is 11.2 Å². The molecule has 0 saturated carbocycles. The number of ketones is 2. The van der Waals surface area contributed by atoms with Gasteiger partial charge in [0.25, 0.3) is 0 Å². The molecular formula is C13H16O2. The molecule has 0 spiro atoms. The lowest BCUT2D eigenvalue weighted by Gasteiger charge is -2.05. The minimum atomic E-state index is 0.106. The van der Waals surface area contributed by atoms with Crippen LogP contribution in [0.4, 0.5) is 0 Å². The number of hydrogen-bond donors (Lipinski definition) is 0. The van der Waals surface area contributed by atoms with Gasteiger partial charge >= 0.3 is 0 Å². The molecule has 0 amide bonds. The molecule has 0 unspecified atom stereocenters. The van der Waals surface area contributed by atoms with Crippen LogP contribution in [0, 0.1) is 0 Å². The van der Waals surface area contributed by atoms with Gasteiger partial charge in [0.1, 0.15) is 5.78 Å². The molecule has 2 nitrogen and oxygen atoms in total. The third kappa shape index (κ3) is 3.01. The van der Waals surface area contributed by atoms with Crippen molar-refractivity contribution < 1.29 is 9.59 Å². The van der Waals surface area contributed by atoms with Crippen molar-refractivity contribution in [3.63, 3.8) is 0 Å². The van der Waals surface area contributed by atoms with Gasteiger partial charge in [-0.15, -0.1) is 0 Å². The predicted molar refractivity (Wildman–Crippen MR) is 60.1 cm³/mol. The van der Waals surface area contributed by atoms with E-state index in [1.54, 1.807) is 6.07 Å². The molecule has 1 rings (SSSR count). The summed E-state index contributed by atoms with van der Waals surface area (Å²) in [5.74, 6) is 0.279. The lowest BCUT2D eigenvalue weighted by atomic mass is 9.97. The Balaban J connectivity index is 2.96. The van der Waals surface area contributed by atoms with Crippen molar-refractivity contribution in [3.8, 4) is 0 Å². The molecule has 0 aliphatic rings. The van der Waals surface area contributed by atoms with Gasteiger partial charge in [0.15, 0.2) is 5.78 Å². The molecule has 0 atom stereocenters. The summed E-state index contributed by atoms with van der Waals surface area (Å²) in [5.41, 5.74) is 1.55. The maximum absolute atomic E-state index is 11.6. The second-order valence-electron chi connectivity index (χ2n) is 3.50. The van der Waals surface area contributed by atoms with Crippen LogP contribution in [-0.4, -0.2) is 11.6 Å². The van der Waals surface area contributed by atoms with Crippen molar-refractivity contribution >= 4 is 11.6 Å². The number of Topliss-reactive ketones (excluding diaryl/α,β-unsaturated/α-hetero) is 2. The molecule has 1 aromatic rings.